The lowest BCUT2D eigenvalue weighted by Gasteiger charge is -2.12. The fourth-order valence-electron chi connectivity index (χ4n) is 2.31. The van der Waals surface area contributed by atoms with Gasteiger partial charge >= 0.3 is 0 Å². The Morgan fingerprint density at radius 2 is 1.68 bits per heavy atom. The Labute approximate surface area is 115 Å². The molecule has 1 aliphatic heterocycles. The second-order valence-electron chi connectivity index (χ2n) is 4.55. The molecular weight excluding hydrogens is 258 g/mol. The van der Waals surface area contributed by atoms with Gasteiger partial charge in [-0.2, -0.15) is 0 Å². The van der Waals surface area contributed by atoms with Crippen LogP contribution in [-0.2, 0) is 6.42 Å². The standard InChI is InChI=1S/C15H13NO2S/c1-3-10-8-9(2)15(19-10)16-13(17)11-6-4-5-7-12(11)14(16)18/h4-8H,3H2,1-2H3. The summed E-state index contributed by atoms with van der Waals surface area (Å²) in [6.45, 7) is 4.01. The topological polar surface area (TPSA) is 37.4 Å². The Bertz CT molecular complexity index is 652. The predicted octanol–water partition coefficient (Wildman–Crippen LogP) is 3.42. The molecule has 3 rings (SSSR count). The van der Waals surface area contributed by atoms with E-state index in [0.717, 1.165) is 17.0 Å². The van der Waals surface area contributed by atoms with Crippen molar-refractivity contribution in [1.82, 2.24) is 0 Å². The van der Waals surface area contributed by atoms with Crippen molar-refractivity contribution in [2.45, 2.75) is 20.3 Å². The normalized spacial score (nSPS) is 14.1. The Kier molecular flexibility index (Phi) is 2.75. The molecule has 2 amide bonds. The summed E-state index contributed by atoms with van der Waals surface area (Å²) in [5.74, 6) is -0.429. The van der Waals surface area contributed by atoms with Crippen LogP contribution in [-0.4, -0.2) is 11.8 Å². The van der Waals surface area contributed by atoms with E-state index in [9.17, 15) is 9.59 Å². The van der Waals surface area contributed by atoms with Gasteiger partial charge in [-0.15, -0.1) is 11.3 Å². The molecule has 1 aromatic heterocycles. The minimum absolute atomic E-state index is 0.215. The summed E-state index contributed by atoms with van der Waals surface area (Å²) in [5, 5.41) is 0.753. The third kappa shape index (κ3) is 1.71. The molecule has 96 valence electrons. The average Bonchev–Trinajstić information content (AvgIpc) is 2.90. The van der Waals surface area contributed by atoms with Gasteiger partial charge in [0, 0.05) is 4.88 Å². The van der Waals surface area contributed by atoms with Gasteiger partial charge in [-0.05, 0) is 37.1 Å². The van der Waals surface area contributed by atoms with Gasteiger partial charge in [0.2, 0.25) is 0 Å². The van der Waals surface area contributed by atoms with E-state index in [1.165, 1.54) is 21.1 Å². The zero-order chi connectivity index (χ0) is 13.6. The van der Waals surface area contributed by atoms with Gasteiger partial charge in [0.25, 0.3) is 11.8 Å². The first-order valence-corrected chi connectivity index (χ1v) is 7.02. The molecule has 19 heavy (non-hydrogen) atoms. The van der Waals surface area contributed by atoms with E-state index in [4.69, 9.17) is 0 Å². The number of anilines is 1. The van der Waals surface area contributed by atoms with Crippen LogP contribution in [0, 0.1) is 6.92 Å². The number of aryl methyl sites for hydroxylation is 2. The summed E-state index contributed by atoms with van der Waals surface area (Å²) in [6.07, 6.45) is 0.911. The Morgan fingerprint density at radius 1 is 1.11 bits per heavy atom. The largest absolute Gasteiger partial charge is 0.268 e. The molecular formula is C15H13NO2S. The van der Waals surface area contributed by atoms with Crippen LogP contribution in [0.3, 0.4) is 0 Å². The molecule has 0 radical (unpaired) electrons. The third-order valence-electron chi connectivity index (χ3n) is 3.29. The van der Waals surface area contributed by atoms with Gasteiger partial charge in [0.15, 0.2) is 0 Å². The zero-order valence-corrected chi connectivity index (χ0v) is 11.6. The zero-order valence-electron chi connectivity index (χ0n) is 10.8. The van der Waals surface area contributed by atoms with E-state index >= 15 is 0 Å². The molecule has 0 spiro atoms. The second kappa shape index (κ2) is 4.31. The van der Waals surface area contributed by atoms with Crippen molar-refractivity contribution < 1.29 is 9.59 Å². The maximum atomic E-state index is 12.4. The SMILES string of the molecule is CCc1cc(C)c(N2C(=O)c3ccccc3C2=O)s1. The van der Waals surface area contributed by atoms with E-state index in [1.807, 2.05) is 13.0 Å². The molecule has 0 bridgehead atoms. The Morgan fingerprint density at radius 3 is 2.16 bits per heavy atom. The summed E-state index contributed by atoms with van der Waals surface area (Å²) in [6, 6.07) is 9.03. The molecule has 2 aromatic rings. The number of rotatable bonds is 2. The molecule has 0 N–H and O–H groups in total. The molecule has 0 fully saturated rings. The van der Waals surface area contributed by atoms with Crippen molar-refractivity contribution in [2.24, 2.45) is 0 Å². The van der Waals surface area contributed by atoms with Crippen molar-refractivity contribution in [1.29, 1.82) is 0 Å². The average molecular weight is 271 g/mol. The monoisotopic (exact) mass is 271 g/mol. The number of imide groups is 1. The number of nitrogens with zero attached hydrogens (tertiary/aromatic N) is 1. The number of hydrogen-bond donors (Lipinski definition) is 0. The number of benzene rings is 1. The number of thiophene rings is 1. The van der Waals surface area contributed by atoms with Crippen molar-refractivity contribution >= 4 is 28.2 Å². The van der Waals surface area contributed by atoms with Crippen molar-refractivity contribution in [2.75, 3.05) is 4.90 Å². The third-order valence-corrected chi connectivity index (χ3v) is 4.65. The van der Waals surface area contributed by atoms with Gasteiger partial charge in [-0.1, -0.05) is 19.1 Å². The van der Waals surface area contributed by atoms with Crippen LogP contribution in [0.2, 0.25) is 0 Å². The van der Waals surface area contributed by atoms with Gasteiger partial charge < -0.3 is 0 Å². The van der Waals surface area contributed by atoms with Gasteiger partial charge in [0.05, 0.1) is 11.1 Å². The van der Waals surface area contributed by atoms with Crippen LogP contribution < -0.4 is 4.90 Å². The van der Waals surface area contributed by atoms with Crippen molar-refractivity contribution in [3.05, 3.63) is 51.9 Å². The second-order valence-corrected chi connectivity index (χ2v) is 5.66. The Hall–Kier alpha value is -1.94. The predicted molar refractivity (Wildman–Crippen MR) is 76.0 cm³/mol. The molecule has 4 heteroatoms. The van der Waals surface area contributed by atoms with Gasteiger partial charge in [0.1, 0.15) is 5.00 Å². The van der Waals surface area contributed by atoms with Gasteiger partial charge in [-0.3, -0.25) is 9.59 Å². The highest BCUT2D eigenvalue weighted by Gasteiger charge is 2.37. The molecule has 0 unspecified atom stereocenters. The van der Waals surface area contributed by atoms with Crippen LogP contribution in [0.4, 0.5) is 5.00 Å². The first kappa shape index (κ1) is 12.1. The lowest BCUT2D eigenvalue weighted by Crippen LogP contribution is -2.29. The van der Waals surface area contributed by atoms with E-state index < -0.39 is 0 Å². The summed E-state index contributed by atoms with van der Waals surface area (Å²) < 4.78 is 0. The summed E-state index contributed by atoms with van der Waals surface area (Å²) >= 11 is 1.52. The highest BCUT2D eigenvalue weighted by molar-refractivity contribution is 7.16. The number of fused-ring (bicyclic) bond motifs is 1. The quantitative estimate of drug-likeness (QED) is 0.785. The highest BCUT2D eigenvalue weighted by Crippen LogP contribution is 2.36. The lowest BCUT2D eigenvalue weighted by atomic mass is 10.1. The Balaban J connectivity index is 2.11. The maximum absolute atomic E-state index is 12.4. The minimum atomic E-state index is -0.215. The van der Waals surface area contributed by atoms with E-state index in [0.29, 0.717) is 11.1 Å². The summed E-state index contributed by atoms with van der Waals surface area (Å²) in [5.41, 5.74) is 1.98. The number of hydrogen-bond acceptors (Lipinski definition) is 3. The van der Waals surface area contributed by atoms with Crippen LogP contribution in [0.25, 0.3) is 0 Å². The first-order chi connectivity index (χ1) is 9.13. The number of amides is 2. The molecule has 0 atom stereocenters. The molecule has 1 aromatic carbocycles. The number of carbonyl (C=O) groups excluding carboxylic acids is 2. The molecule has 2 heterocycles. The van der Waals surface area contributed by atoms with Crippen molar-refractivity contribution in [3.63, 3.8) is 0 Å². The van der Waals surface area contributed by atoms with E-state index in [-0.39, 0.29) is 11.8 Å². The summed E-state index contributed by atoms with van der Waals surface area (Å²) in [7, 11) is 0. The smallest absolute Gasteiger partial charge is 0.266 e. The first-order valence-electron chi connectivity index (χ1n) is 6.20. The fourth-order valence-corrected chi connectivity index (χ4v) is 3.41. The minimum Gasteiger partial charge on any atom is -0.268 e. The van der Waals surface area contributed by atoms with E-state index in [2.05, 4.69) is 6.92 Å². The van der Waals surface area contributed by atoms with Crippen LogP contribution in [0.15, 0.2) is 30.3 Å². The highest BCUT2D eigenvalue weighted by atomic mass is 32.1. The summed E-state index contributed by atoms with van der Waals surface area (Å²) in [4.78, 5) is 27.2. The van der Waals surface area contributed by atoms with Crippen LogP contribution in [0.5, 0.6) is 0 Å². The molecule has 3 nitrogen and oxygen atoms in total. The van der Waals surface area contributed by atoms with Gasteiger partial charge in [-0.25, -0.2) is 4.90 Å². The molecule has 0 saturated heterocycles. The van der Waals surface area contributed by atoms with Crippen LogP contribution in [0.1, 0.15) is 38.1 Å². The molecule has 0 saturated carbocycles. The number of carbonyl (C=O) groups is 2. The van der Waals surface area contributed by atoms with Crippen LogP contribution >= 0.6 is 11.3 Å². The van der Waals surface area contributed by atoms with E-state index in [1.54, 1.807) is 24.3 Å². The van der Waals surface area contributed by atoms with Crippen molar-refractivity contribution in [3.8, 4) is 0 Å². The maximum Gasteiger partial charge on any atom is 0.266 e. The molecule has 0 aliphatic carbocycles. The fraction of sp³-hybridized carbons (Fsp3) is 0.200. The lowest BCUT2D eigenvalue weighted by molar-refractivity contribution is 0.0927. The molecule has 1 aliphatic rings.